The van der Waals surface area contributed by atoms with Crippen molar-refractivity contribution < 1.29 is 18.3 Å². The Labute approximate surface area is 98.8 Å². The number of rotatable bonds is 7. The molecule has 1 N–H and O–H groups in total. The van der Waals surface area contributed by atoms with Gasteiger partial charge in [0.2, 0.25) is 0 Å². The zero-order valence-corrected chi connectivity index (χ0v) is 9.63. The molecular formula is C12H15F2NO2. The molecule has 0 amide bonds. The lowest BCUT2D eigenvalue weighted by molar-refractivity contribution is -0.117. The van der Waals surface area contributed by atoms with Crippen LogP contribution in [0, 0.1) is 11.6 Å². The summed E-state index contributed by atoms with van der Waals surface area (Å²) in [6.07, 6.45) is 0.0225. The maximum absolute atomic E-state index is 12.8. The first-order valence-electron chi connectivity index (χ1n) is 5.28. The van der Waals surface area contributed by atoms with Gasteiger partial charge in [-0.05, 0) is 17.7 Å². The van der Waals surface area contributed by atoms with E-state index in [1.165, 1.54) is 0 Å². The lowest BCUT2D eigenvalue weighted by atomic mass is 10.1. The topological polar surface area (TPSA) is 38.3 Å². The summed E-state index contributed by atoms with van der Waals surface area (Å²) in [6.45, 7) is 1.25. The first kappa shape index (κ1) is 13.7. The average molecular weight is 243 g/mol. The fourth-order valence-electron chi connectivity index (χ4n) is 1.41. The normalized spacial score (nSPS) is 10.5. The van der Waals surface area contributed by atoms with Crippen molar-refractivity contribution >= 4 is 5.78 Å². The van der Waals surface area contributed by atoms with Crippen LogP contribution in [-0.4, -0.2) is 32.6 Å². The molecule has 0 spiro atoms. The summed E-state index contributed by atoms with van der Waals surface area (Å²) < 4.78 is 30.5. The smallest absolute Gasteiger partial charge is 0.150 e. The van der Waals surface area contributed by atoms with Gasteiger partial charge in [0.25, 0.3) is 0 Å². The van der Waals surface area contributed by atoms with Gasteiger partial charge in [0.15, 0.2) is 5.78 Å². The van der Waals surface area contributed by atoms with Gasteiger partial charge in [0, 0.05) is 26.1 Å². The second-order valence-electron chi connectivity index (χ2n) is 3.66. The highest BCUT2D eigenvalue weighted by molar-refractivity contribution is 5.82. The Hall–Kier alpha value is -1.33. The highest BCUT2D eigenvalue weighted by atomic mass is 19.1. The number of ketones is 1. The van der Waals surface area contributed by atoms with E-state index in [-0.39, 0.29) is 18.7 Å². The summed E-state index contributed by atoms with van der Waals surface area (Å²) in [5, 5.41) is 2.87. The summed E-state index contributed by atoms with van der Waals surface area (Å²) in [5.74, 6) is -1.45. The van der Waals surface area contributed by atoms with Crippen molar-refractivity contribution in [2.75, 3.05) is 26.8 Å². The van der Waals surface area contributed by atoms with Crippen LogP contribution in [0.4, 0.5) is 8.78 Å². The summed E-state index contributed by atoms with van der Waals surface area (Å²) in [4.78, 5) is 11.4. The number of ether oxygens (including phenoxy) is 1. The van der Waals surface area contributed by atoms with E-state index in [0.717, 1.165) is 18.2 Å². The van der Waals surface area contributed by atoms with E-state index >= 15 is 0 Å². The maximum Gasteiger partial charge on any atom is 0.150 e. The fourth-order valence-corrected chi connectivity index (χ4v) is 1.41. The second kappa shape index (κ2) is 7.09. The molecule has 0 radical (unpaired) electrons. The number of Topliss-reactive ketones (excluding diaryl/α,β-unsaturated/α-hetero) is 1. The first-order valence-corrected chi connectivity index (χ1v) is 5.28. The maximum atomic E-state index is 12.8. The van der Waals surface area contributed by atoms with Gasteiger partial charge in [-0.3, -0.25) is 4.79 Å². The molecule has 0 aliphatic carbocycles. The monoisotopic (exact) mass is 243 g/mol. The standard InChI is InChI=1S/C12H15F2NO2/c1-17-3-2-15-8-12(16)6-9-4-10(13)7-11(14)5-9/h4-5,7,15H,2-3,6,8H2,1H3. The largest absolute Gasteiger partial charge is 0.383 e. The molecule has 0 saturated carbocycles. The van der Waals surface area contributed by atoms with Crippen LogP contribution < -0.4 is 5.32 Å². The number of methoxy groups -OCH3 is 1. The summed E-state index contributed by atoms with van der Waals surface area (Å²) in [6, 6.07) is 3.11. The third-order valence-corrected chi connectivity index (χ3v) is 2.13. The Kier molecular flexibility index (Phi) is 5.72. The van der Waals surface area contributed by atoms with Gasteiger partial charge in [-0.2, -0.15) is 0 Å². The molecule has 3 nitrogen and oxygen atoms in total. The van der Waals surface area contributed by atoms with Gasteiger partial charge in [-0.1, -0.05) is 0 Å². The third kappa shape index (κ3) is 5.51. The van der Waals surface area contributed by atoms with E-state index in [1.54, 1.807) is 7.11 Å². The first-order chi connectivity index (χ1) is 8.11. The van der Waals surface area contributed by atoms with Gasteiger partial charge < -0.3 is 10.1 Å². The Balaban J connectivity index is 2.39. The van der Waals surface area contributed by atoms with E-state index in [2.05, 4.69) is 5.32 Å². The molecule has 17 heavy (non-hydrogen) atoms. The van der Waals surface area contributed by atoms with Crippen molar-refractivity contribution in [2.24, 2.45) is 0 Å². The molecule has 0 aliphatic rings. The zero-order valence-electron chi connectivity index (χ0n) is 9.63. The minimum atomic E-state index is -0.667. The highest BCUT2D eigenvalue weighted by Gasteiger charge is 2.06. The SMILES string of the molecule is COCCNCC(=O)Cc1cc(F)cc(F)c1. The number of nitrogens with one attached hydrogen (secondary N) is 1. The summed E-state index contributed by atoms with van der Waals surface area (Å²) in [7, 11) is 1.57. The lowest BCUT2D eigenvalue weighted by Gasteiger charge is -2.04. The van der Waals surface area contributed by atoms with Crippen LogP contribution in [0.3, 0.4) is 0 Å². The van der Waals surface area contributed by atoms with Gasteiger partial charge >= 0.3 is 0 Å². The number of hydrogen-bond acceptors (Lipinski definition) is 3. The van der Waals surface area contributed by atoms with Crippen molar-refractivity contribution in [3.63, 3.8) is 0 Å². The minimum Gasteiger partial charge on any atom is -0.383 e. The second-order valence-corrected chi connectivity index (χ2v) is 3.66. The van der Waals surface area contributed by atoms with Crippen LogP contribution in [0.5, 0.6) is 0 Å². The molecule has 0 aliphatic heterocycles. The number of carbonyl (C=O) groups is 1. The lowest BCUT2D eigenvalue weighted by Crippen LogP contribution is -2.27. The van der Waals surface area contributed by atoms with Gasteiger partial charge in [0.1, 0.15) is 11.6 Å². The van der Waals surface area contributed by atoms with Crippen molar-refractivity contribution in [1.29, 1.82) is 0 Å². The van der Waals surface area contributed by atoms with E-state index in [9.17, 15) is 13.6 Å². The van der Waals surface area contributed by atoms with Crippen LogP contribution in [0.25, 0.3) is 0 Å². The Bertz CT molecular complexity index is 363. The van der Waals surface area contributed by atoms with Crippen LogP contribution in [0.1, 0.15) is 5.56 Å². The van der Waals surface area contributed by atoms with Gasteiger partial charge in [-0.25, -0.2) is 8.78 Å². The van der Waals surface area contributed by atoms with Crippen molar-refractivity contribution in [3.8, 4) is 0 Å². The summed E-state index contributed by atoms with van der Waals surface area (Å²) >= 11 is 0. The van der Waals surface area contributed by atoms with E-state index in [4.69, 9.17) is 4.74 Å². The molecule has 1 rings (SSSR count). The molecule has 0 fully saturated rings. The molecule has 0 heterocycles. The molecule has 0 aromatic heterocycles. The van der Waals surface area contributed by atoms with Crippen LogP contribution >= 0.6 is 0 Å². The van der Waals surface area contributed by atoms with Gasteiger partial charge in [-0.15, -0.1) is 0 Å². The van der Waals surface area contributed by atoms with Crippen LogP contribution in [0.2, 0.25) is 0 Å². The number of hydrogen-bond donors (Lipinski definition) is 1. The third-order valence-electron chi connectivity index (χ3n) is 2.13. The quantitative estimate of drug-likeness (QED) is 0.734. The number of carbonyl (C=O) groups excluding carboxylic acids is 1. The molecular weight excluding hydrogens is 228 g/mol. The van der Waals surface area contributed by atoms with Crippen molar-refractivity contribution in [1.82, 2.24) is 5.32 Å². The fraction of sp³-hybridized carbons (Fsp3) is 0.417. The Morgan fingerprint density at radius 2 is 1.94 bits per heavy atom. The zero-order chi connectivity index (χ0) is 12.7. The Morgan fingerprint density at radius 3 is 2.53 bits per heavy atom. The molecule has 1 aromatic rings. The van der Waals surface area contributed by atoms with Crippen LogP contribution in [-0.2, 0) is 16.0 Å². The number of halogens is 2. The number of benzene rings is 1. The predicted octanol–water partition coefficient (Wildman–Crippen LogP) is 1.31. The van der Waals surface area contributed by atoms with Crippen molar-refractivity contribution in [3.05, 3.63) is 35.4 Å². The highest BCUT2D eigenvalue weighted by Crippen LogP contribution is 2.08. The predicted molar refractivity (Wildman–Crippen MR) is 59.8 cm³/mol. The molecule has 0 unspecified atom stereocenters. The molecule has 1 aromatic carbocycles. The molecule has 0 bridgehead atoms. The molecule has 0 saturated heterocycles. The molecule has 5 heteroatoms. The Morgan fingerprint density at radius 1 is 1.29 bits per heavy atom. The average Bonchev–Trinajstić information content (AvgIpc) is 2.23. The minimum absolute atomic E-state index is 0.0225. The van der Waals surface area contributed by atoms with E-state index in [1.807, 2.05) is 0 Å². The van der Waals surface area contributed by atoms with E-state index < -0.39 is 11.6 Å². The van der Waals surface area contributed by atoms with Crippen LogP contribution in [0.15, 0.2) is 18.2 Å². The van der Waals surface area contributed by atoms with Gasteiger partial charge in [0.05, 0.1) is 13.2 Å². The van der Waals surface area contributed by atoms with Crippen molar-refractivity contribution in [2.45, 2.75) is 6.42 Å². The van der Waals surface area contributed by atoms with E-state index in [0.29, 0.717) is 18.7 Å². The summed E-state index contributed by atoms with van der Waals surface area (Å²) in [5.41, 5.74) is 0.348. The molecule has 0 atom stereocenters. The molecule has 94 valence electrons.